The lowest BCUT2D eigenvalue weighted by molar-refractivity contribution is 0.0479. The maximum atomic E-state index is 12.4. The highest BCUT2D eigenvalue weighted by Gasteiger charge is 2.18. The number of carbonyl (C=O) groups excluding carboxylic acids is 1. The molecule has 0 spiro atoms. The van der Waals surface area contributed by atoms with Gasteiger partial charge in [0.2, 0.25) is 0 Å². The summed E-state index contributed by atoms with van der Waals surface area (Å²) in [5.41, 5.74) is 3.68. The molecule has 0 N–H and O–H groups in total. The fraction of sp³-hybridized carbons (Fsp3) is 0.333. The summed E-state index contributed by atoms with van der Waals surface area (Å²) in [6.07, 6.45) is 3.37. The number of thiazole rings is 1. The Labute approximate surface area is 131 Å². The SMILES string of the molecule is Cc1cc(C(=O)OCc2cncs2)c2cnn(C(C)C)c2n1. The maximum absolute atomic E-state index is 12.4. The summed E-state index contributed by atoms with van der Waals surface area (Å²) >= 11 is 1.46. The molecular formula is C15H16N4O2S. The quantitative estimate of drug-likeness (QED) is 0.692. The molecule has 0 aromatic carbocycles. The zero-order valence-electron chi connectivity index (χ0n) is 12.6. The highest BCUT2D eigenvalue weighted by Crippen LogP contribution is 2.22. The molecule has 0 atom stereocenters. The van der Waals surface area contributed by atoms with Gasteiger partial charge in [0.1, 0.15) is 6.61 Å². The van der Waals surface area contributed by atoms with Crippen molar-refractivity contribution >= 4 is 28.3 Å². The highest BCUT2D eigenvalue weighted by molar-refractivity contribution is 7.09. The largest absolute Gasteiger partial charge is 0.456 e. The van der Waals surface area contributed by atoms with Gasteiger partial charge < -0.3 is 4.74 Å². The monoisotopic (exact) mass is 316 g/mol. The third-order valence-corrected chi connectivity index (χ3v) is 3.99. The van der Waals surface area contributed by atoms with Crippen LogP contribution in [0, 0.1) is 6.92 Å². The molecule has 0 bridgehead atoms. The van der Waals surface area contributed by atoms with E-state index in [4.69, 9.17) is 4.74 Å². The van der Waals surface area contributed by atoms with Gasteiger partial charge in [-0.25, -0.2) is 14.5 Å². The van der Waals surface area contributed by atoms with E-state index in [1.165, 1.54) is 11.3 Å². The molecule has 0 fully saturated rings. The van der Waals surface area contributed by atoms with Gasteiger partial charge in [0, 0.05) is 17.9 Å². The van der Waals surface area contributed by atoms with Gasteiger partial charge in [-0.3, -0.25) is 4.98 Å². The van der Waals surface area contributed by atoms with Gasteiger partial charge in [0.05, 0.1) is 27.5 Å². The molecule has 0 aliphatic rings. The molecule has 6 nitrogen and oxygen atoms in total. The summed E-state index contributed by atoms with van der Waals surface area (Å²) in [6, 6.07) is 1.91. The molecule has 0 saturated heterocycles. The Morgan fingerprint density at radius 1 is 1.41 bits per heavy atom. The van der Waals surface area contributed by atoms with Gasteiger partial charge in [-0.15, -0.1) is 11.3 Å². The van der Waals surface area contributed by atoms with E-state index in [2.05, 4.69) is 15.1 Å². The van der Waals surface area contributed by atoms with Crippen LogP contribution in [-0.4, -0.2) is 25.7 Å². The fourth-order valence-corrected chi connectivity index (χ4v) is 2.72. The molecule has 7 heteroatoms. The summed E-state index contributed by atoms with van der Waals surface area (Å²) in [6.45, 7) is 6.14. The molecule has 22 heavy (non-hydrogen) atoms. The van der Waals surface area contributed by atoms with Crippen LogP contribution in [0.25, 0.3) is 11.0 Å². The van der Waals surface area contributed by atoms with Crippen LogP contribution in [0.2, 0.25) is 0 Å². The van der Waals surface area contributed by atoms with Gasteiger partial charge in [-0.1, -0.05) is 0 Å². The number of hydrogen-bond donors (Lipinski definition) is 0. The Balaban J connectivity index is 1.94. The second-order valence-electron chi connectivity index (χ2n) is 5.28. The lowest BCUT2D eigenvalue weighted by Gasteiger charge is -2.08. The van der Waals surface area contributed by atoms with Gasteiger partial charge >= 0.3 is 5.97 Å². The van der Waals surface area contributed by atoms with E-state index in [1.54, 1.807) is 24.0 Å². The van der Waals surface area contributed by atoms with E-state index in [0.717, 1.165) is 10.6 Å². The van der Waals surface area contributed by atoms with Crippen LogP contribution in [0.1, 0.15) is 40.8 Å². The summed E-state index contributed by atoms with van der Waals surface area (Å²) < 4.78 is 7.18. The smallest absolute Gasteiger partial charge is 0.339 e. The number of esters is 1. The Kier molecular flexibility index (Phi) is 3.89. The second-order valence-corrected chi connectivity index (χ2v) is 6.25. The summed E-state index contributed by atoms with van der Waals surface area (Å²) in [7, 11) is 0. The van der Waals surface area contributed by atoms with Crippen molar-refractivity contribution in [1.29, 1.82) is 0 Å². The predicted octanol–water partition coefficient (Wildman–Crippen LogP) is 3.13. The van der Waals surface area contributed by atoms with Crippen LogP contribution in [0.4, 0.5) is 0 Å². The third kappa shape index (κ3) is 2.71. The van der Waals surface area contributed by atoms with Crippen molar-refractivity contribution in [3.05, 3.63) is 40.1 Å². The fourth-order valence-electron chi connectivity index (χ4n) is 2.22. The minimum atomic E-state index is -0.368. The summed E-state index contributed by atoms with van der Waals surface area (Å²) in [5, 5.41) is 5.04. The molecule has 0 unspecified atom stereocenters. The number of carbonyl (C=O) groups is 1. The van der Waals surface area contributed by atoms with Gasteiger partial charge in [0.15, 0.2) is 5.65 Å². The molecule has 0 amide bonds. The second kappa shape index (κ2) is 5.84. The Morgan fingerprint density at radius 3 is 2.91 bits per heavy atom. The third-order valence-electron chi connectivity index (χ3n) is 3.23. The molecule has 3 aromatic heterocycles. The predicted molar refractivity (Wildman–Crippen MR) is 83.9 cm³/mol. The molecule has 3 heterocycles. The van der Waals surface area contributed by atoms with Crippen LogP contribution >= 0.6 is 11.3 Å². The molecule has 0 aliphatic heterocycles. The lowest BCUT2D eigenvalue weighted by Crippen LogP contribution is -2.08. The molecule has 0 aliphatic carbocycles. The molecular weight excluding hydrogens is 300 g/mol. The van der Waals surface area contributed by atoms with E-state index in [-0.39, 0.29) is 18.6 Å². The van der Waals surface area contributed by atoms with Crippen LogP contribution in [0.15, 0.2) is 24.0 Å². The summed E-state index contributed by atoms with van der Waals surface area (Å²) in [5.74, 6) is -0.368. The maximum Gasteiger partial charge on any atom is 0.339 e. The average Bonchev–Trinajstić information content (AvgIpc) is 3.12. The number of ether oxygens (including phenoxy) is 1. The van der Waals surface area contributed by atoms with Crippen molar-refractivity contribution < 1.29 is 9.53 Å². The van der Waals surface area contributed by atoms with Crippen molar-refractivity contribution in [2.75, 3.05) is 0 Å². The minimum absolute atomic E-state index is 0.174. The number of rotatable bonds is 4. The first kappa shape index (κ1) is 14.6. The Hall–Kier alpha value is -2.28. The van der Waals surface area contributed by atoms with E-state index in [0.29, 0.717) is 16.6 Å². The number of fused-ring (bicyclic) bond motifs is 1. The van der Waals surface area contributed by atoms with E-state index in [1.807, 2.05) is 25.5 Å². The van der Waals surface area contributed by atoms with Crippen molar-refractivity contribution in [3.63, 3.8) is 0 Å². The van der Waals surface area contributed by atoms with Crippen molar-refractivity contribution in [3.8, 4) is 0 Å². The number of nitrogens with zero attached hydrogens (tertiary/aromatic N) is 4. The summed E-state index contributed by atoms with van der Waals surface area (Å²) in [4.78, 5) is 21.8. The number of aryl methyl sites for hydroxylation is 1. The number of aromatic nitrogens is 4. The molecule has 0 radical (unpaired) electrons. The van der Waals surface area contributed by atoms with Crippen LogP contribution in [0.3, 0.4) is 0 Å². The first-order chi connectivity index (χ1) is 10.6. The van der Waals surface area contributed by atoms with Crippen LogP contribution in [0.5, 0.6) is 0 Å². The van der Waals surface area contributed by atoms with Crippen molar-refractivity contribution in [2.24, 2.45) is 0 Å². The topological polar surface area (TPSA) is 69.9 Å². The first-order valence-electron chi connectivity index (χ1n) is 6.95. The molecule has 0 saturated carbocycles. The Bertz CT molecular complexity index is 808. The average molecular weight is 316 g/mol. The first-order valence-corrected chi connectivity index (χ1v) is 7.83. The van der Waals surface area contributed by atoms with Crippen LogP contribution < -0.4 is 0 Å². The zero-order valence-corrected chi connectivity index (χ0v) is 13.4. The van der Waals surface area contributed by atoms with Crippen LogP contribution in [-0.2, 0) is 11.3 Å². The van der Waals surface area contributed by atoms with Gasteiger partial charge in [0.25, 0.3) is 0 Å². The lowest BCUT2D eigenvalue weighted by atomic mass is 10.1. The number of hydrogen-bond acceptors (Lipinski definition) is 6. The van der Waals surface area contributed by atoms with E-state index >= 15 is 0 Å². The van der Waals surface area contributed by atoms with Crippen molar-refractivity contribution in [1.82, 2.24) is 19.7 Å². The minimum Gasteiger partial charge on any atom is -0.456 e. The molecule has 3 aromatic rings. The normalized spacial score (nSPS) is 11.3. The van der Waals surface area contributed by atoms with E-state index < -0.39 is 0 Å². The molecule has 3 rings (SSSR count). The standard InChI is InChI=1S/C15H16N4O2S/c1-9(2)19-14-13(6-17-19)12(4-10(3)18-14)15(20)21-7-11-5-16-8-22-11/h4-6,8-9H,7H2,1-3H3. The highest BCUT2D eigenvalue weighted by atomic mass is 32.1. The van der Waals surface area contributed by atoms with E-state index in [9.17, 15) is 4.79 Å². The molecule has 114 valence electrons. The zero-order chi connectivity index (χ0) is 15.7. The Morgan fingerprint density at radius 2 is 2.23 bits per heavy atom. The number of pyridine rings is 1. The van der Waals surface area contributed by atoms with Gasteiger partial charge in [-0.2, -0.15) is 5.10 Å². The van der Waals surface area contributed by atoms with Crippen molar-refractivity contribution in [2.45, 2.75) is 33.4 Å². The van der Waals surface area contributed by atoms with Gasteiger partial charge in [-0.05, 0) is 26.8 Å².